The van der Waals surface area contributed by atoms with Gasteiger partial charge in [0.25, 0.3) is 0 Å². The first-order chi connectivity index (χ1) is 9.11. The van der Waals surface area contributed by atoms with Crippen LogP contribution >= 0.6 is 0 Å². The SMILES string of the molecule is CC(C)C(NC(N)=O)C(=O)Nc1cc(C(C)(C)C)[nH]n1. The Labute approximate surface area is 118 Å². The smallest absolute Gasteiger partial charge is 0.312 e. The summed E-state index contributed by atoms with van der Waals surface area (Å²) in [5.41, 5.74) is 5.90. The summed E-state index contributed by atoms with van der Waals surface area (Å²) in [6.45, 7) is 9.77. The number of carbonyl (C=O) groups is 2. The van der Waals surface area contributed by atoms with Crippen molar-refractivity contribution in [3.63, 3.8) is 0 Å². The highest BCUT2D eigenvalue weighted by atomic mass is 16.2. The highest BCUT2D eigenvalue weighted by Crippen LogP contribution is 2.22. The molecule has 0 radical (unpaired) electrons. The van der Waals surface area contributed by atoms with Crippen molar-refractivity contribution in [3.8, 4) is 0 Å². The van der Waals surface area contributed by atoms with Crippen LogP contribution in [-0.4, -0.2) is 28.2 Å². The van der Waals surface area contributed by atoms with Crippen molar-refractivity contribution in [2.45, 2.75) is 46.1 Å². The van der Waals surface area contributed by atoms with Gasteiger partial charge in [0.1, 0.15) is 6.04 Å². The highest BCUT2D eigenvalue weighted by Gasteiger charge is 2.24. The molecule has 112 valence electrons. The van der Waals surface area contributed by atoms with Gasteiger partial charge in [0, 0.05) is 17.2 Å². The predicted molar refractivity (Wildman–Crippen MR) is 77.3 cm³/mol. The number of aromatic amines is 1. The van der Waals surface area contributed by atoms with E-state index in [0.717, 1.165) is 5.69 Å². The predicted octanol–water partition coefficient (Wildman–Crippen LogP) is 1.34. The summed E-state index contributed by atoms with van der Waals surface area (Å²) in [4.78, 5) is 23.0. The molecular formula is C13H23N5O2. The Morgan fingerprint density at radius 1 is 1.35 bits per heavy atom. The van der Waals surface area contributed by atoms with E-state index >= 15 is 0 Å². The van der Waals surface area contributed by atoms with Gasteiger partial charge in [-0.1, -0.05) is 34.6 Å². The second kappa shape index (κ2) is 5.94. The molecule has 0 fully saturated rings. The minimum absolute atomic E-state index is 0.0801. The molecule has 1 unspecified atom stereocenters. The molecule has 0 aliphatic carbocycles. The molecule has 3 amide bonds. The molecule has 1 aromatic rings. The first-order valence-electron chi connectivity index (χ1n) is 6.54. The first kappa shape index (κ1) is 16.0. The van der Waals surface area contributed by atoms with Gasteiger partial charge in [-0.15, -0.1) is 0 Å². The number of carbonyl (C=O) groups excluding carboxylic acids is 2. The summed E-state index contributed by atoms with van der Waals surface area (Å²) in [7, 11) is 0. The fourth-order valence-electron chi connectivity index (χ4n) is 1.66. The number of urea groups is 1. The summed E-state index contributed by atoms with van der Waals surface area (Å²) in [6.07, 6.45) is 0. The number of nitrogens with zero attached hydrogens (tertiary/aromatic N) is 1. The van der Waals surface area contributed by atoms with Crippen LogP contribution in [0.2, 0.25) is 0 Å². The second-order valence-electron chi connectivity index (χ2n) is 6.14. The maximum absolute atomic E-state index is 12.1. The largest absolute Gasteiger partial charge is 0.352 e. The van der Waals surface area contributed by atoms with Gasteiger partial charge < -0.3 is 16.4 Å². The summed E-state index contributed by atoms with van der Waals surface area (Å²) >= 11 is 0. The van der Waals surface area contributed by atoms with Crippen molar-refractivity contribution < 1.29 is 9.59 Å². The molecule has 1 heterocycles. The summed E-state index contributed by atoms with van der Waals surface area (Å²) < 4.78 is 0. The van der Waals surface area contributed by atoms with E-state index in [0.29, 0.717) is 5.82 Å². The van der Waals surface area contributed by atoms with E-state index in [2.05, 4.69) is 20.8 Å². The molecule has 0 aromatic carbocycles. The van der Waals surface area contributed by atoms with Crippen LogP contribution in [0.3, 0.4) is 0 Å². The van der Waals surface area contributed by atoms with Gasteiger partial charge >= 0.3 is 6.03 Å². The van der Waals surface area contributed by atoms with Crippen molar-refractivity contribution >= 4 is 17.8 Å². The Morgan fingerprint density at radius 2 is 1.95 bits per heavy atom. The quantitative estimate of drug-likeness (QED) is 0.667. The number of nitrogens with one attached hydrogen (secondary N) is 3. The molecule has 5 N–H and O–H groups in total. The summed E-state index contributed by atoms with van der Waals surface area (Å²) in [6, 6.07) is 0.359. The Kier molecular flexibility index (Phi) is 4.75. The molecule has 0 aliphatic rings. The maximum atomic E-state index is 12.1. The highest BCUT2D eigenvalue weighted by molar-refractivity contribution is 5.96. The lowest BCUT2D eigenvalue weighted by molar-refractivity contribution is -0.118. The van der Waals surface area contributed by atoms with Crippen molar-refractivity contribution in [1.82, 2.24) is 15.5 Å². The van der Waals surface area contributed by atoms with Crippen LogP contribution in [0.25, 0.3) is 0 Å². The van der Waals surface area contributed by atoms with Gasteiger partial charge in [-0.2, -0.15) is 5.10 Å². The standard InChI is InChI=1S/C13H23N5O2/c1-7(2)10(16-12(14)20)11(19)15-9-6-8(17-18-9)13(3,4)5/h6-7,10H,1-5H3,(H3,14,16,20)(H2,15,17,18,19). The lowest BCUT2D eigenvalue weighted by Gasteiger charge is -2.19. The Morgan fingerprint density at radius 3 is 2.35 bits per heavy atom. The Balaban J connectivity index is 2.78. The molecule has 1 rings (SSSR count). The third-order valence-corrected chi connectivity index (χ3v) is 2.88. The molecule has 0 bridgehead atoms. The van der Waals surface area contributed by atoms with Crippen molar-refractivity contribution in [3.05, 3.63) is 11.8 Å². The van der Waals surface area contributed by atoms with Gasteiger partial charge in [-0.3, -0.25) is 9.89 Å². The van der Waals surface area contributed by atoms with Crippen molar-refractivity contribution in [2.24, 2.45) is 11.7 Å². The molecule has 0 spiro atoms. The van der Waals surface area contributed by atoms with Crippen LogP contribution in [0.15, 0.2) is 6.07 Å². The molecule has 20 heavy (non-hydrogen) atoms. The molecule has 0 aliphatic heterocycles. The third kappa shape index (κ3) is 4.25. The zero-order valence-corrected chi connectivity index (χ0v) is 12.6. The van der Waals surface area contributed by atoms with Gasteiger partial charge in [0.15, 0.2) is 5.82 Å². The monoisotopic (exact) mass is 281 g/mol. The minimum Gasteiger partial charge on any atom is -0.352 e. The average Bonchev–Trinajstić information content (AvgIpc) is 2.73. The van der Waals surface area contributed by atoms with E-state index in [1.807, 2.05) is 34.6 Å². The van der Waals surface area contributed by atoms with Crippen LogP contribution in [0, 0.1) is 5.92 Å². The molecule has 7 nitrogen and oxygen atoms in total. The zero-order chi connectivity index (χ0) is 15.5. The van der Waals surface area contributed by atoms with Crippen LogP contribution in [0.1, 0.15) is 40.3 Å². The van der Waals surface area contributed by atoms with Crippen molar-refractivity contribution in [1.29, 1.82) is 0 Å². The van der Waals surface area contributed by atoms with Crippen molar-refractivity contribution in [2.75, 3.05) is 5.32 Å². The number of aromatic nitrogens is 2. The van der Waals surface area contributed by atoms with Crippen LogP contribution in [0.5, 0.6) is 0 Å². The lowest BCUT2D eigenvalue weighted by atomic mass is 9.92. The number of primary amides is 1. The van der Waals surface area contributed by atoms with E-state index in [-0.39, 0.29) is 17.2 Å². The van der Waals surface area contributed by atoms with Gasteiger partial charge in [-0.05, 0) is 5.92 Å². The van der Waals surface area contributed by atoms with Gasteiger partial charge in [-0.25, -0.2) is 4.79 Å². The Hall–Kier alpha value is -2.05. The number of H-pyrrole nitrogens is 1. The third-order valence-electron chi connectivity index (χ3n) is 2.88. The van der Waals surface area contributed by atoms with Crippen LogP contribution in [0.4, 0.5) is 10.6 Å². The van der Waals surface area contributed by atoms with Gasteiger partial charge in [0.05, 0.1) is 0 Å². The zero-order valence-electron chi connectivity index (χ0n) is 12.6. The topological polar surface area (TPSA) is 113 Å². The fraction of sp³-hybridized carbons (Fsp3) is 0.615. The first-order valence-corrected chi connectivity index (χ1v) is 6.54. The van der Waals surface area contributed by atoms with E-state index in [9.17, 15) is 9.59 Å². The molecule has 7 heteroatoms. The molecule has 0 saturated carbocycles. The van der Waals surface area contributed by atoms with E-state index < -0.39 is 12.1 Å². The molecule has 1 atom stereocenters. The normalized spacial score (nSPS) is 13.1. The summed E-state index contributed by atoms with van der Waals surface area (Å²) in [5, 5.41) is 12.0. The second-order valence-corrected chi connectivity index (χ2v) is 6.14. The fourth-order valence-corrected chi connectivity index (χ4v) is 1.66. The maximum Gasteiger partial charge on any atom is 0.312 e. The molecule has 1 aromatic heterocycles. The molecule has 0 saturated heterocycles. The minimum atomic E-state index is -0.726. The number of amides is 3. The van der Waals surface area contributed by atoms with Crippen LogP contribution < -0.4 is 16.4 Å². The van der Waals surface area contributed by atoms with E-state index in [1.165, 1.54) is 0 Å². The van der Waals surface area contributed by atoms with Gasteiger partial charge in [0.2, 0.25) is 5.91 Å². The van der Waals surface area contributed by atoms with E-state index in [4.69, 9.17) is 5.73 Å². The van der Waals surface area contributed by atoms with E-state index in [1.54, 1.807) is 6.07 Å². The number of hydrogen-bond acceptors (Lipinski definition) is 3. The number of anilines is 1. The number of rotatable bonds is 4. The number of nitrogens with two attached hydrogens (primary N) is 1. The average molecular weight is 281 g/mol. The Bertz CT molecular complexity index is 487. The number of hydrogen-bond donors (Lipinski definition) is 4. The lowest BCUT2D eigenvalue weighted by Crippen LogP contribution is -2.49. The summed E-state index contributed by atoms with van der Waals surface area (Å²) in [5.74, 6) is 0.00568. The van der Waals surface area contributed by atoms with Crippen LogP contribution in [-0.2, 0) is 10.2 Å². The molecular weight excluding hydrogens is 258 g/mol.